The zero-order chi connectivity index (χ0) is 19.2. The Morgan fingerprint density at radius 2 is 1.85 bits per heavy atom. The lowest BCUT2D eigenvalue weighted by molar-refractivity contribution is -0.121. The van der Waals surface area contributed by atoms with Crippen LogP contribution in [0.5, 0.6) is 0 Å². The Kier molecular flexibility index (Phi) is 5.93. The number of rotatable bonds is 5. The van der Waals surface area contributed by atoms with Crippen LogP contribution in [0.4, 0.5) is 4.39 Å². The highest BCUT2D eigenvalue weighted by molar-refractivity contribution is 7.17. The standard InChI is InChI=1S/C20H18FN3O2S/c1-13-18(27-20(22-13)15-7-3-2-4-8-15)19(26)24-23-17(25)11-10-14-6-5-9-16(21)12-14/h2-9,12H,10-11H2,1H3,(H,23,25)(H,24,26). The van der Waals surface area contributed by atoms with E-state index >= 15 is 0 Å². The topological polar surface area (TPSA) is 71.1 Å². The third-order valence-corrected chi connectivity index (χ3v) is 5.07. The summed E-state index contributed by atoms with van der Waals surface area (Å²) in [6, 6.07) is 15.7. The SMILES string of the molecule is Cc1nc(-c2ccccc2)sc1C(=O)NNC(=O)CCc1cccc(F)c1. The van der Waals surface area contributed by atoms with Crippen LogP contribution in [0.25, 0.3) is 10.6 Å². The number of hydrogen-bond donors (Lipinski definition) is 2. The minimum Gasteiger partial charge on any atom is -0.273 e. The van der Waals surface area contributed by atoms with Crippen molar-refractivity contribution in [3.05, 3.63) is 76.5 Å². The Balaban J connectivity index is 1.54. The van der Waals surface area contributed by atoms with Gasteiger partial charge in [0.05, 0.1) is 5.69 Å². The molecule has 2 N–H and O–H groups in total. The van der Waals surface area contributed by atoms with E-state index in [4.69, 9.17) is 0 Å². The van der Waals surface area contributed by atoms with E-state index in [1.54, 1.807) is 19.1 Å². The molecule has 1 aromatic heterocycles. The lowest BCUT2D eigenvalue weighted by Crippen LogP contribution is -2.41. The van der Waals surface area contributed by atoms with E-state index in [0.717, 1.165) is 16.1 Å². The van der Waals surface area contributed by atoms with Gasteiger partial charge in [0.2, 0.25) is 5.91 Å². The van der Waals surface area contributed by atoms with Gasteiger partial charge < -0.3 is 0 Å². The number of halogens is 1. The highest BCUT2D eigenvalue weighted by Gasteiger charge is 2.16. The van der Waals surface area contributed by atoms with Gasteiger partial charge in [0, 0.05) is 12.0 Å². The molecule has 0 aliphatic carbocycles. The van der Waals surface area contributed by atoms with Gasteiger partial charge in [-0.3, -0.25) is 20.4 Å². The average Bonchev–Trinajstić information content (AvgIpc) is 3.07. The second-order valence-corrected chi connectivity index (χ2v) is 6.93. The second-order valence-electron chi connectivity index (χ2n) is 5.93. The number of thiazole rings is 1. The van der Waals surface area contributed by atoms with Gasteiger partial charge in [0.1, 0.15) is 15.7 Å². The van der Waals surface area contributed by atoms with Crippen LogP contribution >= 0.6 is 11.3 Å². The monoisotopic (exact) mass is 383 g/mol. The molecule has 3 rings (SSSR count). The molecule has 0 fully saturated rings. The van der Waals surface area contributed by atoms with E-state index in [9.17, 15) is 14.0 Å². The predicted molar refractivity (Wildman–Crippen MR) is 103 cm³/mol. The summed E-state index contributed by atoms with van der Waals surface area (Å²) in [6.07, 6.45) is 0.526. The van der Waals surface area contributed by atoms with Gasteiger partial charge in [-0.1, -0.05) is 42.5 Å². The number of benzene rings is 2. The number of amides is 2. The number of nitrogens with zero attached hydrogens (tertiary/aromatic N) is 1. The Morgan fingerprint density at radius 3 is 2.59 bits per heavy atom. The van der Waals surface area contributed by atoms with Crippen LogP contribution in [0, 0.1) is 12.7 Å². The van der Waals surface area contributed by atoms with Crippen molar-refractivity contribution in [2.45, 2.75) is 19.8 Å². The van der Waals surface area contributed by atoms with Crippen molar-refractivity contribution in [3.63, 3.8) is 0 Å². The van der Waals surface area contributed by atoms with E-state index in [2.05, 4.69) is 15.8 Å². The van der Waals surface area contributed by atoms with Crippen molar-refractivity contribution in [1.82, 2.24) is 15.8 Å². The van der Waals surface area contributed by atoms with Crippen LogP contribution in [0.2, 0.25) is 0 Å². The number of aryl methyl sites for hydroxylation is 2. The number of carbonyl (C=O) groups excluding carboxylic acids is 2. The summed E-state index contributed by atoms with van der Waals surface area (Å²) in [5.74, 6) is -1.10. The minimum atomic E-state index is -0.411. The summed E-state index contributed by atoms with van der Waals surface area (Å²) in [6.45, 7) is 1.75. The Labute approximate surface area is 160 Å². The molecule has 0 atom stereocenters. The van der Waals surface area contributed by atoms with Crippen molar-refractivity contribution in [2.24, 2.45) is 0 Å². The van der Waals surface area contributed by atoms with Crippen LogP contribution < -0.4 is 10.9 Å². The van der Waals surface area contributed by atoms with Crippen molar-refractivity contribution >= 4 is 23.2 Å². The maximum atomic E-state index is 13.1. The first-order valence-electron chi connectivity index (χ1n) is 8.39. The molecule has 3 aromatic rings. The van der Waals surface area contributed by atoms with Gasteiger partial charge in [0.15, 0.2) is 0 Å². The number of carbonyl (C=O) groups is 2. The highest BCUT2D eigenvalue weighted by atomic mass is 32.1. The van der Waals surface area contributed by atoms with Crippen LogP contribution in [-0.2, 0) is 11.2 Å². The fourth-order valence-corrected chi connectivity index (χ4v) is 3.47. The molecule has 2 amide bonds. The molecule has 0 spiro atoms. The third-order valence-electron chi connectivity index (χ3n) is 3.87. The summed E-state index contributed by atoms with van der Waals surface area (Å²) < 4.78 is 13.1. The van der Waals surface area contributed by atoms with Crippen LogP contribution in [-0.4, -0.2) is 16.8 Å². The molecule has 0 saturated carbocycles. The van der Waals surface area contributed by atoms with Crippen LogP contribution in [0.15, 0.2) is 54.6 Å². The molecule has 0 unspecified atom stereocenters. The molecule has 5 nitrogen and oxygen atoms in total. The third kappa shape index (κ3) is 4.98. The fraction of sp³-hybridized carbons (Fsp3) is 0.150. The molecule has 7 heteroatoms. The first-order chi connectivity index (χ1) is 13.0. The quantitative estimate of drug-likeness (QED) is 0.661. The number of hydrogen-bond acceptors (Lipinski definition) is 4. The summed E-state index contributed by atoms with van der Waals surface area (Å²) >= 11 is 1.27. The molecule has 2 aromatic carbocycles. The van der Waals surface area contributed by atoms with E-state index in [0.29, 0.717) is 17.0 Å². The summed E-state index contributed by atoms with van der Waals surface area (Å²) in [5, 5.41) is 0.746. The molecule has 0 bridgehead atoms. The molecule has 1 heterocycles. The van der Waals surface area contributed by atoms with Crippen molar-refractivity contribution < 1.29 is 14.0 Å². The van der Waals surface area contributed by atoms with E-state index in [1.807, 2.05) is 30.3 Å². The van der Waals surface area contributed by atoms with E-state index in [1.165, 1.54) is 23.5 Å². The smallest absolute Gasteiger partial charge is 0.273 e. The first-order valence-corrected chi connectivity index (χ1v) is 9.21. The minimum absolute atomic E-state index is 0.140. The average molecular weight is 383 g/mol. The van der Waals surface area contributed by atoms with Crippen molar-refractivity contribution in [3.8, 4) is 10.6 Å². The van der Waals surface area contributed by atoms with Gasteiger partial charge in [-0.15, -0.1) is 11.3 Å². The Bertz CT molecular complexity index is 957. The maximum Gasteiger partial charge on any atom is 0.281 e. The largest absolute Gasteiger partial charge is 0.281 e. The molecule has 0 radical (unpaired) electrons. The highest BCUT2D eigenvalue weighted by Crippen LogP contribution is 2.27. The first kappa shape index (κ1) is 18.7. The van der Waals surface area contributed by atoms with Crippen molar-refractivity contribution in [1.29, 1.82) is 0 Å². The number of nitrogens with one attached hydrogen (secondary N) is 2. The zero-order valence-corrected chi connectivity index (χ0v) is 15.5. The second kappa shape index (κ2) is 8.55. The number of hydrazine groups is 1. The lowest BCUT2D eigenvalue weighted by Gasteiger charge is -2.06. The predicted octanol–water partition coefficient (Wildman–Crippen LogP) is 3.65. The molecule has 0 saturated heterocycles. The normalized spacial score (nSPS) is 10.4. The molecule has 0 aliphatic rings. The molecular formula is C20H18FN3O2S. The van der Waals surface area contributed by atoms with E-state index in [-0.39, 0.29) is 18.1 Å². The molecular weight excluding hydrogens is 365 g/mol. The lowest BCUT2D eigenvalue weighted by atomic mass is 10.1. The summed E-state index contributed by atoms with van der Waals surface area (Å²) in [7, 11) is 0. The molecule has 27 heavy (non-hydrogen) atoms. The van der Waals surface area contributed by atoms with E-state index < -0.39 is 5.91 Å². The van der Waals surface area contributed by atoms with Gasteiger partial charge in [-0.25, -0.2) is 9.37 Å². The van der Waals surface area contributed by atoms with Crippen LogP contribution in [0.3, 0.4) is 0 Å². The summed E-state index contributed by atoms with van der Waals surface area (Å²) in [5.41, 5.74) is 7.06. The maximum absolute atomic E-state index is 13.1. The van der Waals surface area contributed by atoms with Gasteiger partial charge in [-0.05, 0) is 31.0 Å². The zero-order valence-electron chi connectivity index (χ0n) is 14.7. The fourth-order valence-electron chi connectivity index (χ4n) is 2.51. The molecule has 0 aliphatic heterocycles. The van der Waals surface area contributed by atoms with Crippen LogP contribution in [0.1, 0.15) is 27.3 Å². The van der Waals surface area contributed by atoms with Gasteiger partial charge >= 0.3 is 0 Å². The Hall–Kier alpha value is -3.06. The van der Waals surface area contributed by atoms with Crippen molar-refractivity contribution in [2.75, 3.05) is 0 Å². The van der Waals surface area contributed by atoms with Gasteiger partial charge in [0.25, 0.3) is 5.91 Å². The number of aromatic nitrogens is 1. The summed E-state index contributed by atoms with van der Waals surface area (Å²) in [4.78, 5) is 29.1. The van der Waals surface area contributed by atoms with Gasteiger partial charge in [-0.2, -0.15) is 0 Å². The Morgan fingerprint density at radius 1 is 1.07 bits per heavy atom. The molecule has 138 valence electrons.